The van der Waals surface area contributed by atoms with E-state index in [1.807, 2.05) is 0 Å². The average molecular weight is 749 g/mol. The highest BCUT2D eigenvalue weighted by Gasteiger charge is 2.19. The maximum Gasteiger partial charge on any atom is 0.306 e. The molecule has 0 bridgehead atoms. The molecule has 6 heteroatoms. The van der Waals surface area contributed by atoms with Crippen molar-refractivity contribution in [3.8, 4) is 0 Å². The molecule has 6 nitrogen and oxygen atoms in total. The van der Waals surface area contributed by atoms with Crippen LogP contribution in [0.3, 0.4) is 0 Å². The molecule has 312 valence electrons. The third-order valence-electron chi connectivity index (χ3n) is 10.3. The van der Waals surface area contributed by atoms with Crippen molar-refractivity contribution in [1.82, 2.24) is 0 Å². The summed E-state index contributed by atoms with van der Waals surface area (Å²) in [5.74, 6) is -0.872. The summed E-state index contributed by atoms with van der Waals surface area (Å²) in [4.78, 5) is 37.7. The van der Waals surface area contributed by atoms with E-state index in [-0.39, 0.29) is 31.1 Å². The molecule has 0 saturated heterocycles. The van der Waals surface area contributed by atoms with Crippen LogP contribution in [-0.2, 0) is 28.6 Å². The molecule has 0 rings (SSSR count). The van der Waals surface area contributed by atoms with Crippen molar-refractivity contribution in [2.75, 3.05) is 13.2 Å². The van der Waals surface area contributed by atoms with Crippen LogP contribution in [-0.4, -0.2) is 37.2 Å². The Morgan fingerprint density at radius 3 is 0.943 bits per heavy atom. The lowest BCUT2D eigenvalue weighted by Crippen LogP contribution is -2.30. The highest BCUT2D eigenvalue weighted by atomic mass is 16.6. The van der Waals surface area contributed by atoms with Gasteiger partial charge in [-0.2, -0.15) is 0 Å². The summed E-state index contributed by atoms with van der Waals surface area (Å²) in [5.41, 5.74) is 0. The average Bonchev–Trinajstić information content (AvgIpc) is 3.15. The summed E-state index contributed by atoms with van der Waals surface area (Å²) in [5, 5.41) is 0. The second-order valence-electron chi connectivity index (χ2n) is 15.7. The molecule has 0 aliphatic rings. The van der Waals surface area contributed by atoms with Crippen molar-refractivity contribution >= 4 is 17.9 Å². The number of carbonyl (C=O) groups is 3. The number of hydrogen-bond acceptors (Lipinski definition) is 6. The van der Waals surface area contributed by atoms with E-state index >= 15 is 0 Å². The number of carbonyl (C=O) groups excluding carboxylic acids is 3. The van der Waals surface area contributed by atoms with Crippen molar-refractivity contribution in [2.24, 2.45) is 0 Å². The number of rotatable bonds is 42. The summed E-state index contributed by atoms with van der Waals surface area (Å²) in [6.07, 6.45) is 44.8. The van der Waals surface area contributed by atoms with Crippen LogP contribution in [0.2, 0.25) is 0 Å². The molecule has 0 spiro atoms. The molecule has 0 fully saturated rings. The molecule has 0 aliphatic carbocycles. The van der Waals surface area contributed by atoms with Gasteiger partial charge in [0.2, 0.25) is 0 Å². The fourth-order valence-corrected chi connectivity index (χ4v) is 6.73. The van der Waals surface area contributed by atoms with Crippen molar-refractivity contribution in [3.63, 3.8) is 0 Å². The summed E-state index contributed by atoms with van der Waals surface area (Å²) in [6.45, 7) is 6.61. The van der Waals surface area contributed by atoms with Crippen LogP contribution in [0.15, 0.2) is 12.2 Å². The number of ether oxygens (including phenoxy) is 3. The Bertz CT molecular complexity index is 824. The van der Waals surface area contributed by atoms with E-state index in [0.29, 0.717) is 19.3 Å². The van der Waals surface area contributed by atoms with E-state index in [1.165, 1.54) is 148 Å². The first kappa shape index (κ1) is 51.1. The molecular weight excluding hydrogens is 661 g/mol. The van der Waals surface area contributed by atoms with Gasteiger partial charge in [-0.3, -0.25) is 14.4 Å². The van der Waals surface area contributed by atoms with Crippen LogP contribution in [0.1, 0.15) is 252 Å². The van der Waals surface area contributed by atoms with Crippen molar-refractivity contribution in [3.05, 3.63) is 12.2 Å². The first-order valence-electron chi connectivity index (χ1n) is 23.2. The highest BCUT2D eigenvalue weighted by Crippen LogP contribution is 2.15. The van der Waals surface area contributed by atoms with E-state index in [1.54, 1.807) is 0 Å². The number of allylic oxidation sites excluding steroid dienone is 2. The monoisotopic (exact) mass is 749 g/mol. The van der Waals surface area contributed by atoms with E-state index < -0.39 is 6.10 Å². The predicted octanol–water partition coefficient (Wildman–Crippen LogP) is 14.6. The first-order valence-corrected chi connectivity index (χ1v) is 23.2. The smallest absolute Gasteiger partial charge is 0.306 e. The van der Waals surface area contributed by atoms with Gasteiger partial charge in [0.05, 0.1) is 0 Å². The Kier molecular flexibility index (Phi) is 41.4. The van der Waals surface area contributed by atoms with Gasteiger partial charge >= 0.3 is 17.9 Å². The minimum atomic E-state index is -0.764. The topological polar surface area (TPSA) is 78.9 Å². The van der Waals surface area contributed by atoms with Gasteiger partial charge in [0.1, 0.15) is 13.2 Å². The summed E-state index contributed by atoms with van der Waals surface area (Å²) in [6, 6.07) is 0. The number of unbranched alkanes of at least 4 members (excludes halogenated alkanes) is 29. The van der Waals surface area contributed by atoms with Gasteiger partial charge < -0.3 is 14.2 Å². The molecule has 0 aromatic heterocycles. The van der Waals surface area contributed by atoms with Gasteiger partial charge in [-0.05, 0) is 44.9 Å². The summed E-state index contributed by atoms with van der Waals surface area (Å²) < 4.78 is 16.7. The van der Waals surface area contributed by atoms with Crippen molar-refractivity contribution < 1.29 is 28.6 Å². The fraction of sp³-hybridized carbons (Fsp3) is 0.894. The van der Waals surface area contributed by atoms with Gasteiger partial charge in [0.25, 0.3) is 0 Å². The Labute approximate surface area is 329 Å². The van der Waals surface area contributed by atoms with Gasteiger partial charge in [-0.1, -0.05) is 200 Å². The zero-order valence-corrected chi connectivity index (χ0v) is 35.6. The molecule has 0 radical (unpaired) electrons. The Balaban J connectivity index is 4.31. The van der Waals surface area contributed by atoms with Crippen LogP contribution in [0.5, 0.6) is 0 Å². The van der Waals surface area contributed by atoms with Crippen LogP contribution in [0.25, 0.3) is 0 Å². The predicted molar refractivity (Wildman–Crippen MR) is 224 cm³/mol. The van der Waals surface area contributed by atoms with Crippen LogP contribution in [0, 0.1) is 0 Å². The third kappa shape index (κ3) is 41.2. The van der Waals surface area contributed by atoms with Gasteiger partial charge in [-0.25, -0.2) is 0 Å². The molecule has 0 aromatic carbocycles. The molecular formula is C47H88O6. The van der Waals surface area contributed by atoms with E-state index in [4.69, 9.17) is 14.2 Å². The third-order valence-corrected chi connectivity index (χ3v) is 10.3. The second kappa shape index (κ2) is 42.9. The molecule has 0 heterocycles. The Morgan fingerprint density at radius 1 is 0.358 bits per heavy atom. The quantitative estimate of drug-likeness (QED) is 0.0268. The Morgan fingerprint density at radius 2 is 0.623 bits per heavy atom. The maximum absolute atomic E-state index is 12.7. The second-order valence-corrected chi connectivity index (χ2v) is 15.7. The van der Waals surface area contributed by atoms with Crippen molar-refractivity contribution in [1.29, 1.82) is 0 Å². The van der Waals surface area contributed by atoms with E-state index in [0.717, 1.165) is 64.2 Å². The molecule has 0 amide bonds. The molecule has 0 aliphatic heterocycles. The molecule has 1 unspecified atom stereocenters. The van der Waals surface area contributed by atoms with Crippen LogP contribution < -0.4 is 0 Å². The Hall–Kier alpha value is -1.85. The molecule has 0 N–H and O–H groups in total. The highest BCUT2D eigenvalue weighted by molar-refractivity contribution is 5.71. The van der Waals surface area contributed by atoms with E-state index in [2.05, 4.69) is 32.9 Å². The first-order chi connectivity index (χ1) is 26.0. The zero-order chi connectivity index (χ0) is 38.7. The summed E-state index contributed by atoms with van der Waals surface area (Å²) >= 11 is 0. The van der Waals surface area contributed by atoms with Crippen molar-refractivity contribution in [2.45, 2.75) is 258 Å². The van der Waals surface area contributed by atoms with E-state index in [9.17, 15) is 14.4 Å². The lowest BCUT2D eigenvalue weighted by molar-refractivity contribution is -0.167. The molecule has 0 saturated carbocycles. The minimum absolute atomic E-state index is 0.0684. The summed E-state index contributed by atoms with van der Waals surface area (Å²) in [7, 11) is 0. The van der Waals surface area contributed by atoms with Crippen LogP contribution in [0.4, 0.5) is 0 Å². The van der Waals surface area contributed by atoms with Gasteiger partial charge in [-0.15, -0.1) is 0 Å². The van der Waals surface area contributed by atoms with Crippen LogP contribution >= 0.6 is 0 Å². The van der Waals surface area contributed by atoms with Gasteiger partial charge in [0, 0.05) is 19.3 Å². The maximum atomic E-state index is 12.7. The standard InChI is InChI=1S/C47H88O6/c1-4-7-10-13-16-19-22-23-24-25-26-29-31-34-37-40-46(49)52-43-44(53-47(50)41-38-35-32-28-21-18-15-12-9-6-3)42-51-45(48)39-36-33-30-27-20-17-14-11-8-5-2/h23-24,44H,4-22,25-43H2,1-3H3/b24-23-. The number of esters is 3. The minimum Gasteiger partial charge on any atom is -0.462 e. The SMILES string of the molecule is CCCCCCCC/C=C\CCCCCCCC(=O)OCC(COC(=O)CCCCCCCCCCCC)OC(=O)CCCCCCCCCCCC. The fourth-order valence-electron chi connectivity index (χ4n) is 6.73. The lowest BCUT2D eigenvalue weighted by atomic mass is 10.1. The molecule has 0 aromatic rings. The molecule has 53 heavy (non-hydrogen) atoms. The lowest BCUT2D eigenvalue weighted by Gasteiger charge is -2.18. The van der Waals surface area contributed by atoms with Gasteiger partial charge in [0.15, 0.2) is 6.10 Å². The number of hydrogen-bond donors (Lipinski definition) is 0. The largest absolute Gasteiger partial charge is 0.462 e. The zero-order valence-electron chi connectivity index (χ0n) is 35.6. The molecule has 1 atom stereocenters. The normalized spacial score (nSPS) is 12.0.